The number of aromatic nitrogens is 1. The van der Waals surface area contributed by atoms with E-state index in [4.69, 9.17) is 5.73 Å². The molecule has 0 radical (unpaired) electrons. The summed E-state index contributed by atoms with van der Waals surface area (Å²) in [5.74, 6) is 0. The molecule has 0 atom stereocenters. The summed E-state index contributed by atoms with van der Waals surface area (Å²) in [5.41, 5.74) is 6.22. The van der Waals surface area contributed by atoms with Crippen molar-refractivity contribution in [2.75, 3.05) is 0 Å². The molecular formula is C6H8Cl2N2Pd. The molecule has 0 bridgehead atoms. The molecular weight excluding hydrogens is 277 g/mol. The van der Waals surface area contributed by atoms with E-state index in [1.807, 2.05) is 18.2 Å². The van der Waals surface area contributed by atoms with Gasteiger partial charge >= 0.3 is 20.4 Å². The average Bonchev–Trinajstić information content (AvgIpc) is 1.90. The van der Waals surface area contributed by atoms with Crippen LogP contribution in [0.25, 0.3) is 0 Å². The van der Waals surface area contributed by atoms with E-state index in [1.165, 1.54) is 0 Å². The van der Waals surface area contributed by atoms with Gasteiger partial charge in [-0.15, -0.1) is 0 Å². The van der Waals surface area contributed by atoms with Gasteiger partial charge in [-0.2, -0.15) is 0 Å². The van der Waals surface area contributed by atoms with Crippen LogP contribution in [0.2, 0.25) is 0 Å². The third-order valence-corrected chi connectivity index (χ3v) is 0.935. The fourth-order valence-corrected chi connectivity index (χ4v) is 0.519. The van der Waals surface area contributed by atoms with Gasteiger partial charge in [0.25, 0.3) is 0 Å². The molecule has 66 valence electrons. The summed E-state index contributed by atoms with van der Waals surface area (Å²) in [6.45, 7) is 0.529. The van der Waals surface area contributed by atoms with Crippen molar-refractivity contribution >= 4 is 0 Å². The molecule has 0 spiro atoms. The van der Waals surface area contributed by atoms with Crippen molar-refractivity contribution in [2.24, 2.45) is 5.73 Å². The summed E-state index contributed by atoms with van der Waals surface area (Å²) >= 11 is 0. The topological polar surface area (TPSA) is 38.9 Å². The van der Waals surface area contributed by atoms with E-state index in [-0.39, 0.29) is 45.2 Å². The first-order valence-corrected chi connectivity index (χ1v) is 2.53. The monoisotopic (exact) mass is 284 g/mol. The zero-order valence-corrected chi connectivity index (χ0v) is 8.68. The number of nitrogens with two attached hydrogens (primary N) is 1. The molecule has 0 fully saturated rings. The number of pyridine rings is 1. The second-order valence-corrected chi connectivity index (χ2v) is 1.53. The first-order chi connectivity index (χ1) is 3.93. The van der Waals surface area contributed by atoms with Crippen LogP contribution in [0.3, 0.4) is 0 Å². The Morgan fingerprint density at radius 2 is 1.91 bits per heavy atom. The standard InChI is InChI=1S/C6H8N2.2ClH.Pd/c7-5-6-3-1-2-4-8-6;;;/h1-4H,5,7H2;2*1H;/q;;;+2/p-2. The number of hydrogen-bond acceptors (Lipinski definition) is 2. The minimum absolute atomic E-state index is 0. The third-order valence-electron chi connectivity index (χ3n) is 0.935. The van der Waals surface area contributed by atoms with Crippen molar-refractivity contribution in [3.05, 3.63) is 30.1 Å². The van der Waals surface area contributed by atoms with Gasteiger partial charge in [-0.25, -0.2) is 0 Å². The first kappa shape index (κ1) is 17.4. The first-order valence-electron chi connectivity index (χ1n) is 2.53. The normalized spacial score (nSPS) is 6.64. The number of halogens is 2. The van der Waals surface area contributed by atoms with Crippen LogP contribution in [0.5, 0.6) is 0 Å². The van der Waals surface area contributed by atoms with Crippen molar-refractivity contribution < 1.29 is 45.2 Å². The summed E-state index contributed by atoms with van der Waals surface area (Å²) in [7, 11) is 0. The maximum Gasteiger partial charge on any atom is 2.00 e. The third kappa shape index (κ3) is 6.74. The SMILES string of the molecule is NCc1ccccn1.[Cl-].[Cl-].[Pd+2]. The van der Waals surface area contributed by atoms with Crippen molar-refractivity contribution in [2.45, 2.75) is 6.54 Å². The molecule has 0 aliphatic rings. The van der Waals surface area contributed by atoms with Gasteiger partial charge < -0.3 is 30.5 Å². The summed E-state index contributed by atoms with van der Waals surface area (Å²) in [6, 6.07) is 5.70. The Bertz CT molecular complexity index is 160. The maximum absolute atomic E-state index is 5.29. The van der Waals surface area contributed by atoms with Gasteiger partial charge in [0, 0.05) is 12.7 Å². The molecule has 1 aromatic heterocycles. The summed E-state index contributed by atoms with van der Waals surface area (Å²) in [4.78, 5) is 3.97. The Hall–Kier alpha value is 0.352. The Labute approximate surface area is 92.4 Å². The molecule has 0 unspecified atom stereocenters. The Balaban J connectivity index is -0.000000213. The minimum Gasteiger partial charge on any atom is -1.00 e. The Kier molecular flexibility index (Phi) is 16.4. The second kappa shape index (κ2) is 10.4. The van der Waals surface area contributed by atoms with E-state index >= 15 is 0 Å². The van der Waals surface area contributed by atoms with Gasteiger partial charge in [0.2, 0.25) is 0 Å². The van der Waals surface area contributed by atoms with Crippen LogP contribution in [-0.4, -0.2) is 4.98 Å². The Morgan fingerprint density at radius 1 is 1.27 bits per heavy atom. The van der Waals surface area contributed by atoms with Crippen LogP contribution >= 0.6 is 0 Å². The average molecular weight is 285 g/mol. The molecule has 0 aliphatic heterocycles. The van der Waals surface area contributed by atoms with Crippen LogP contribution in [0.15, 0.2) is 24.4 Å². The van der Waals surface area contributed by atoms with Crippen LogP contribution < -0.4 is 30.5 Å². The number of hydrogen-bond donors (Lipinski definition) is 1. The van der Waals surface area contributed by atoms with Crippen LogP contribution in [0.1, 0.15) is 5.69 Å². The van der Waals surface area contributed by atoms with Crippen molar-refractivity contribution in [3.8, 4) is 0 Å². The van der Waals surface area contributed by atoms with Gasteiger partial charge in [-0.1, -0.05) is 6.07 Å². The van der Waals surface area contributed by atoms with E-state index in [1.54, 1.807) is 6.20 Å². The van der Waals surface area contributed by atoms with Gasteiger partial charge in [0.15, 0.2) is 0 Å². The smallest absolute Gasteiger partial charge is 1.00 e. The fraction of sp³-hybridized carbons (Fsp3) is 0.167. The zero-order chi connectivity index (χ0) is 5.82. The van der Waals surface area contributed by atoms with Crippen LogP contribution in [-0.2, 0) is 27.0 Å². The molecule has 2 N–H and O–H groups in total. The second-order valence-electron chi connectivity index (χ2n) is 1.53. The van der Waals surface area contributed by atoms with Crippen molar-refractivity contribution in [1.29, 1.82) is 0 Å². The maximum atomic E-state index is 5.29. The molecule has 11 heavy (non-hydrogen) atoms. The number of rotatable bonds is 1. The van der Waals surface area contributed by atoms with Gasteiger partial charge in [-0.05, 0) is 12.1 Å². The molecule has 1 rings (SSSR count). The predicted molar refractivity (Wildman–Crippen MR) is 32.1 cm³/mol. The molecule has 0 amide bonds. The molecule has 0 aromatic carbocycles. The number of nitrogens with zero attached hydrogens (tertiary/aromatic N) is 1. The van der Waals surface area contributed by atoms with E-state index in [0.29, 0.717) is 6.54 Å². The van der Waals surface area contributed by atoms with E-state index in [9.17, 15) is 0 Å². The zero-order valence-electron chi connectivity index (χ0n) is 5.61. The molecule has 0 aliphatic carbocycles. The fourth-order valence-electron chi connectivity index (χ4n) is 0.519. The van der Waals surface area contributed by atoms with Crippen molar-refractivity contribution in [3.63, 3.8) is 0 Å². The Morgan fingerprint density at radius 3 is 2.18 bits per heavy atom. The van der Waals surface area contributed by atoms with Crippen LogP contribution in [0.4, 0.5) is 0 Å². The van der Waals surface area contributed by atoms with E-state index < -0.39 is 0 Å². The molecule has 1 aromatic rings. The van der Waals surface area contributed by atoms with Gasteiger partial charge in [0.1, 0.15) is 0 Å². The molecule has 5 heteroatoms. The predicted octanol–water partition coefficient (Wildman–Crippen LogP) is -5.45. The summed E-state index contributed by atoms with van der Waals surface area (Å²) in [6.07, 6.45) is 1.74. The van der Waals surface area contributed by atoms with E-state index in [2.05, 4.69) is 4.98 Å². The molecule has 1 heterocycles. The molecule has 0 saturated heterocycles. The van der Waals surface area contributed by atoms with Gasteiger partial charge in [0.05, 0.1) is 5.69 Å². The quantitative estimate of drug-likeness (QED) is 0.523. The summed E-state index contributed by atoms with van der Waals surface area (Å²) < 4.78 is 0. The largest absolute Gasteiger partial charge is 2.00 e. The van der Waals surface area contributed by atoms with E-state index in [0.717, 1.165) is 5.69 Å². The summed E-state index contributed by atoms with van der Waals surface area (Å²) in [5, 5.41) is 0. The van der Waals surface area contributed by atoms with Crippen LogP contribution in [0, 0.1) is 0 Å². The van der Waals surface area contributed by atoms with Gasteiger partial charge in [-0.3, -0.25) is 4.98 Å². The minimum atomic E-state index is 0. The van der Waals surface area contributed by atoms with Crippen molar-refractivity contribution in [1.82, 2.24) is 4.98 Å². The molecule has 0 saturated carbocycles. The molecule has 2 nitrogen and oxygen atoms in total.